The van der Waals surface area contributed by atoms with Gasteiger partial charge in [0, 0.05) is 42.3 Å². The molecule has 0 bridgehead atoms. The number of anilines is 1. The van der Waals surface area contributed by atoms with Crippen molar-refractivity contribution in [3.05, 3.63) is 29.7 Å². The summed E-state index contributed by atoms with van der Waals surface area (Å²) in [5.41, 5.74) is 1.10. The Morgan fingerprint density at radius 3 is 3.14 bits per heavy atom. The van der Waals surface area contributed by atoms with Crippen molar-refractivity contribution in [3.63, 3.8) is 0 Å². The highest BCUT2D eigenvalue weighted by atomic mass is 32.1. The van der Waals surface area contributed by atoms with Crippen molar-refractivity contribution in [3.8, 4) is 5.19 Å². The van der Waals surface area contributed by atoms with E-state index < -0.39 is 0 Å². The zero-order chi connectivity index (χ0) is 14.5. The number of thiazole rings is 1. The van der Waals surface area contributed by atoms with Gasteiger partial charge in [-0.05, 0) is 19.3 Å². The van der Waals surface area contributed by atoms with Crippen LogP contribution in [0.1, 0.15) is 25.5 Å². The van der Waals surface area contributed by atoms with Gasteiger partial charge in [-0.1, -0.05) is 18.3 Å². The van der Waals surface area contributed by atoms with Crippen LogP contribution >= 0.6 is 11.3 Å². The summed E-state index contributed by atoms with van der Waals surface area (Å²) in [6, 6.07) is 2.10. The van der Waals surface area contributed by atoms with E-state index in [9.17, 15) is 0 Å². The number of rotatable bonds is 5. The van der Waals surface area contributed by atoms with Gasteiger partial charge in [-0.25, -0.2) is 15.0 Å². The van der Waals surface area contributed by atoms with Crippen molar-refractivity contribution in [2.45, 2.75) is 26.2 Å². The highest BCUT2D eigenvalue weighted by molar-refractivity contribution is 7.11. The minimum absolute atomic E-state index is 0.530. The molecule has 21 heavy (non-hydrogen) atoms. The first-order valence-electron chi connectivity index (χ1n) is 7.43. The summed E-state index contributed by atoms with van der Waals surface area (Å²) in [7, 11) is 0. The van der Waals surface area contributed by atoms with Crippen molar-refractivity contribution in [2.75, 3.05) is 24.6 Å². The third-order valence-electron chi connectivity index (χ3n) is 3.77. The van der Waals surface area contributed by atoms with Crippen molar-refractivity contribution < 1.29 is 4.74 Å². The van der Waals surface area contributed by atoms with Gasteiger partial charge < -0.3 is 9.64 Å². The summed E-state index contributed by atoms with van der Waals surface area (Å²) in [6.45, 7) is 4.90. The van der Waals surface area contributed by atoms with Gasteiger partial charge in [0.05, 0.1) is 6.61 Å². The average molecular weight is 304 g/mol. The van der Waals surface area contributed by atoms with Crippen LogP contribution in [0.3, 0.4) is 0 Å². The molecule has 0 spiro atoms. The van der Waals surface area contributed by atoms with Crippen LogP contribution in [-0.4, -0.2) is 34.6 Å². The predicted molar refractivity (Wildman–Crippen MR) is 84.0 cm³/mol. The van der Waals surface area contributed by atoms with Crippen LogP contribution in [0.2, 0.25) is 0 Å². The van der Waals surface area contributed by atoms with Crippen molar-refractivity contribution in [2.24, 2.45) is 5.92 Å². The van der Waals surface area contributed by atoms with E-state index in [0.29, 0.717) is 5.92 Å². The molecule has 1 saturated heterocycles. The Morgan fingerprint density at radius 1 is 1.38 bits per heavy atom. The minimum atomic E-state index is 0.530. The molecule has 0 aromatic carbocycles. The first-order valence-corrected chi connectivity index (χ1v) is 8.31. The molecule has 1 fully saturated rings. The average Bonchev–Trinajstić information content (AvgIpc) is 3.07. The van der Waals surface area contributed by atoms with Crippen LogP contribution in [0.25, 0.3) is 0 Å². The molecule has 6 heteroatoms. The van der Waals surface area contributed by atoms with E-state index in [0.717, 1.165) is 42.8 Å². The third kappa shape index (κ3) is 3.69. The lowest BCUT2D eigenvalue weighted by Crippen LogP contribution is -2.38. The van der Waals surface area contributed by atoms with Crippen LogP contribution in [0.5, 0.6) is 5.19 Å². The van der Waals surface area contributed by atoms with E-state index in [-0.39, 0.29) is 0 Å². The van der Waals surface area contributed by atoms with E-state index in [2.05, 4.69) is 32.8 Å². The summed E-state index contributed by atoms with van der Waals surface area (Å²) >= 11 is 1.55. The largest absolute Gasteiger partial charge is 0.470 e. The maximum Gasteiger partial charge on any atom is 0.273 e. The van der Waals surface area contributed by atoms with Gasteiger partial charge in [-0.2, -0.15) is 0 Å². The second kappa shape index (κ2) is 6.85. The normalized spacial score (nSPS) is 18.7. The highest BCUT2D eigenvalue weighted by Gasteiger charge is 2.22. The Kier molecular flexibility index (Phi) is 4.65. The fourth-order valence-electron chi connectivity index (χ4n) is 2.63. The molecule has 2 aromatic rings. The molecule has 1 atom stereocenters. The standard InChI is InChI=1S/C15H20N4OS/c1-2-13-8-14(18-11-17-13)19-6-3-4-12(9-19)10-20-15-16-5-7-21-15/h5,7-8,11-12H,2-4,6,9-10H2,1H3. The van der Waals surface area contributed by atoms with Crippen LogP contribution < -0.4 is 9.64 Å². The van der Waals surface area contributed by atoms with Crippen LogP contribution in [0.15, 0.2) is 24.0 Å². The van der Waals surface area contributed by atoms with Gasteiger partial charge in [0.25, 0.3) is 5.19 Å². The molecule has 1 unspecified atom stereocenters. The van der Waals surface area contributed by atoms with Gasteiger partial charge >= 0.3 is 0 Å². The maximum absolute atomic E-state index is 5.76. The van der Waals surface area contributed by atoms with E-state index in [1.54, 1.807) is 23.9 Å². The summed E-state index contributed by atoms with van der Waals surface area (Å²) in [5.74, 6) is 1.57. The molecule has 5 nitrogen and oxygen atoms in total. The number of aryl methyl sites for hydroxylation is 1. The smallest absolute Gasteiger partial charge is 0.273 e. The zero-order valence-corrected chi connectivity index (χ0v) is 13.1. The second-order valence-corrected chi connectivity index (χ2v) is 6.14. The number of ether oxygens (including phenoxy) is 1. The fraction of sp³-hybridized carbons (Fsp3) is 0.533. The van der Waals surface area contributed by atoms with Gasteiger partial charge in [-0.3, -0.25) is 0 Å². The number of piperidine rings is 1. The predicted octanol–water partition coefficient (Wildman–Crippen LogP) is 2.79. The lowest BCUT2D eigenvalue weighted by molar-refractivity contribution is 0.227. The van der Waals surface area contributed by atoms with Gasteiger partial charge in [0.2, 0.25) is 0 Å². The Labute approximate surface area is 129 Å². The Morgan fingerprint density at radius 2 is 2.33 bits per heavy atom. The first kappa shape index (κ1) is 14.3. The van der Waals surface area contributed by atoms with Crippen molar-refractivity contribution >= 4 is 17.2 Å². The molecular formula is C15H20N4OS. The third-order valence-corrected chi connectivity index (χ3v) is 4.45. The number of hydrogen-bond donors (Lipinski definition) is 0. The molecule has 0 aliphatic carbocycles. The first-order chi connectivity index (χ1) is 10.3. The van der Waals surface area contributed by atoms with Crippen LogP contribution in [0, 0.1) is 5.92 Å². The van der Waals surface area contributed by atoms with E-state index in [4.69, 9.17) is 4.74 Å². The molecular weight excluding hydrogens is 284 g/mol. The van der Waals surface area contributed by atoms with Crippen molar-refractivity contribution in [1.29, 1.82) is 0 Å². The molecule has 3 rings (SSSR count). The quantitative estimate of drug-likeness (QED) is 0.850. The van der Waals surface area contributed by atoms with Gasteiger partial charge in [0.1, 0.15) is 12.1 Å². The molecule has 1 aliphatic rings. The van der Waals surface area contributed by atoms with Crippen LogP contribution in [0.4, 0.5) is 5.82 Å². The van der Waals surface area contributed by atoms with E-state index >= 15 is 0 Å². The lowest BCUT2D eigenvalue weighted by Gasteiger charge is -2.33. The van der Waals surface area contributed by atoms with Gasteiger partial charge in [0.15, 0.2) is 0 Å². The second-order valence-electron chi connectivity index (χ2n) is 5.28. The topological polar surface area (TPSA) is 51.1 Å². The summed E-state index contributed by atoms with van der Waals surface area (Å²) < 4.78 is 5.76. The summed E-state index contributed by atoms with van der Waals surface area (Å²) in [4.78, 5) is 15.2. The van der Waals surface area contributed by atoms with Gasteiger partial charge in [-0.15, -0.1) is 0 Å². The van der Waals surface area contributed by atoms with E-state index in [1.165, 1.54) is 12.8 Å². The minimum Gasteiger partial charge on any atom is -0.470 e. The molecule has 0 radical (unpaired) electrons. The number of hydrogen-bond acceptors (Lipinski definition) is 6. The Bertz CT molecular complexity index is 561. The number of nitrogens with zero attached hydrogens (tertiary/aromatic N) is 4. The monoisotopic (exact) mass is 304 g/mol. The molecule has 0 saturated carbocycles. The maximum atomic E-state index is 5.76. The molecule has 3 heterocycles. The highest BCUT2D eigenvalue weighted by Crippen LogP contribution is 2.23. The Hall–Kier alpha value is -1.69. The molecule has 112 valence electrons. The molecule has 0 N–H and O–H groups in total. The molecule has 0 amide bonds. The van der Waals surface area contributed by atoms with Crippen molar-refractivity contribution in [1.82, 2.24) is 15.0 Å². The lowest BCUT2D eigenvalue weighted by atomic mass is 9.99. The summed E-state index contributed by atoms with van der Waals surface area (Å²) in [6.07, 6.45) is 6.77. The zero-order valence-electron chi connectivity index (χ0n) is 12.2. The molecule has 1 aliphatic heterocycles. The fourth-order valence-corrected chi connectivity index (χ4v) is 3.13. The van der Waals surface area contributed by atoms with E-state index in [1.807, 2.05) is 5.38 Å². The molecule has 2 aromatic heterocycles. The SMILES string of the molecule is CCc1cc(N2CCCC(COc3nccs3)C2)ncn1. The van der Waals surface area contributed by atoms with Crippen LogP contribution in [-0.2, 0) is 6.42 Å². The summed E-state index contributed by atoms with van der Waals surface area (Å²) in [5, 5.41) is 2.71. The number of aromatic nitrogens is 3. The Balaban J connectivity index is 1.59.